The lowest BCUT2D eigenvalue weighted by molar-refractivity contribution is 0.0918. The van der Waals surface area contributed by atoms with Crippen molar-refractivity contribution in [3.8, 4) is 0 Å². The average Bonchev–Trinajstić information content (AvgIpc) is 3.06. The monoisotopic (exact) mass is 447 g/mol. The topological polar surface area (TPSA) is 50.4 Å². The van der Waals surface area contributed by atoms with Crippen molar-refractivity contribution in [3.05, 3.63) is 105 Å². The average molecular weight is 448 g/mol. The molecule has 0 saturated carbocycles. The number of para-hydroxylation sites is 2. The maximum atomic E-state index is 13.3. The highest BCUT2D eigenvalue weighted by Crippen LogP contribution is 2.20. The Kier molecular flexibility index (Phi) is 5.87. The van der Waals surface area contributed by atoms with Crippen molar-refractivity contribution in [1.29, 1.82) is 0 Å². The number of fused-ring (bicyclic) bond motifs is 2. The number of aliphatic hydroxyl groups is 1. The molecule has 164 valence electrons. The third-order valence-corrected chi connectivity index (χ3v) is 6.50. The fourth-order valence-corrected chi connectivity index (χ4v) is 4.78. The van der Waals surface area contributed by atoms with E-state index in [1.807, 2.05) is 48.5 Å². The molecule has 1 aliphatic heterocycles. The zero-order chi connectivity index (χ0) is 22.1. The van der Waals surface area contributed by atoms with E-state index in [1.54, 1.807) is 9.13 Å². The van der Waals surface area contributed by atoms with Crippen LogP contribution in [0.2, 0.25) is 5.02 Å². The second-order valence-electron chi connectivity index (χ2n) is 8.50. The number of halogens is 1. The molecule has 5 rings (SSSR count). The van der Waals surface area contributed by atoms with Gasteiger partial charge in [-0.05, 0) is 47.4 Å². The van der Waals surface area contributed by atoms with Crippen LogP contribution in [0.4, 0.5) is 0 Å². The Balaban J connectivity index is 1.37. The number of benzene rings is 3. The Morgan fingerprint density at radius 2 is 1.50 bits per heavy atom. The van der Waals surface area contributed by atoms with Gasteiger partial charge in [0.15, 0.2) is 0 Å². The molecule has 1 aliphatic rings. The number of β-amino-alcohol motifs (C(OH)–C–C–N with tert-alkyl or cyclic N) is 1. The van der Waals surface area contributed by atoms with E-state index in [-0.39, 0.29) is 12.2 Å². The molecule has 0 radical (unpaired) electrons. The zero-order valence-electron chi connectivity index (χ0n) is 17.8. The van der Waals surface area contributed by atoms with Crippen molar-refractivity contribution in [2.45, 2.75) is 32.2 Å². The number of aromatic nitrogens is 2. The molecular formula is C26H26ClN3O2. The number of hydrogen-bond acceptors (Lipinski definition) is 3. The molecule has 5 nitrogen and oxygen atoms in total. The Labute approximate surface area is 192 Å². The van der Waals surface area contributed by atoms with Crippen LogP contribution in [-0.4, -0.2) is 38.3 Å². The van der Waals surface area contributed by atoms with E-state index in [1.165, 1.54) is 11.1 Å². The summed E-state index contributed by atoms with van der Waals surface area (Å²) < 4.78 is 3.47. The first-order valence-corrected chi connectivity index (χ1v) is 11.4. The lowest BCUT2D eigenvalue weighted by Gasteiger charge is -2.30. The number of rotatable bonds is 6. The van der Waals surface area contributed by atoms with Crippen LogP contribution in [-0.2, 0) is 26.1 Å². The van der Waals surface area contributed by atoms with Gasteiger partial charge in [-0.1, -0.05) is 60.1 Å². The molecular weight excluding hydrogens is 422 g/mol. The second-order valence-corrected chi connectivity index (χ2v) is 8.94. The van der Waals surface area contributed by atoms with Crippen LogP contribution in [0.25, 0.3) is 11.0 Å². The summed E-state index contributed by atoms with van der Waals surface area (Å²) in [4.78, 5) is 15.6. The molecule has 2 heterocycles. The summed E-state index contributed by atoms with van der Waals surface area (Å²) >= 11 is 6.01. The third-order valence-electron chi connectivity index (χ3n) is 6.25. The quantitative estimate of drug-likeness (QED) is 0.487. The summed E-state index contributed by atoms with van der Waals surface area (Å²) in [5.41, 5.74) is 5.32. The predicted octanol–water partition coefficient (Wildman–Crippen LogP) is 3.92. The number of imidazole rings is 1. The first-order chi connectivity index (χ1) is 15.6. The van der Waals surface area contributed by atoms with Gasteiger partial charge in [0.25, 0.3) is 0 Å². The maximum absolute atomic E-state index is 13.3. The van der Waals surface area contributed by atoms with E-state index < -0.39 is 6.10 Å². The van der Waals surface area contributed by atoms with Crippen LogP contribution in [0.5, 0.6) is 0 Å². The number of nitrogens with zero attached hydrogens (tertiary/aromatic N) is 3. The Morgan fingerprint density at radius 3 is 2.25 bits per heavy atom. The molecule has 0 spiro atoms. The molecule has 1 N–H and O–H groups in total. The number of aliphatic hydroxyl groups excluding tert-OH is 1. The van der Waals surface area contributed by atoms with Crippen LogP contribution < -0.4 is 5.69 Å². The van der Waals surface area contributed by atoms with Gasteiger partial charge in [0.05, 0.1) is 30.2 Å². The molecule has 3 aromatic carbocycles. The van der Waals surface area contributed by atoms with Gasteiger partial charge in [-0.25, -0.2) is 4.79 Å². The minimum absolute atomic E-state index is 0.107. The van der Waals surface area contributed by atoms with Gasteiger partial charge in [0.1, 0.15) is 0 Å². The molecule has 0 saturated heterocycles. The molecule has 0 fully saturated rings. The van der Waals surface area contributed by atoms with Gasteiger partial charge < -0.3 is 5.11 Å². The fraction of sp³-hybridized carbons (Fsp3) is 0.269. The van der Waals surface area contributed by atoms with Gasteiger partial charge in [0.2, 0.25) is 0 Å². The molecule has 32 heavy (non-hydrogen) atoms. The molecule has 1 aromatic heterocycles. The zero-order valence-corrected chi connectivity index (χ0v) is 18.6. The van der Waals surface area contributed by atoms with Gasteiger partial charge in [-0.3, -0.25) is 14.0 Å². The summed E-state index contributed by atoms with van der Waals surface area (Å²) in [6.07, 6.45) is 0.358. The number of hydrogen-bond donors (Lipinski definition) is 1. The van der Waals surface area contributed by atoms with Gasteiger partial charge in [-0.2, -0.15) is 0 Å². The minimum atomic E-state index is -0.632. The Bertz CT molecular complexity index is 1290. The van der Waals surface area contributed by atoms with E-state index in [4.69, 9.17) is 11.6 Å². The summed E-state index contributed by atoms with van der Waals surface area (Å²) in [7, 11) is 0. The fourth-order valence-electron chi connectivity index (χ4n) is 4.65. The normalized spacial score (nSPS) is 15.1. The van der Waals surface area contributed by atoms with E-state index in [0.29, 0.717) is 18.1 Å². The first kappa shape index (κ1) is 21.0. The standard InChI is InChI=1S/C26H26ClN3O2/c27-22-11-9-19(10-12-22)15-29-24-7-3-4-8-25(24)30(26(29)32)18-23(31)17-28-14-13-20-5-1-2-6-21(20)16-28/h1-12,23,31H,13-18H2. The van der Waals surface area contributed by atoms with Crippen molar-refractivity contribution in [3.63, 3.8) is 0 Å². The largest absolute Gasteiger partial charge is 0.390 e. The van der Waals surface area contributed by atoms with Crippen molar-refractivity contribution < 1.29 is 5.11 Å². The van der Waals surface area contributed by atoms with E-state index in [9.17, 15) is 9.90 Å². The van der Waals surface area contributed by atoms with Crippen molar-refractivity contribution in [1.82, 2.24) is 14.0 Å². The van der Waals surface area contributed by atoms with Crippen molar-refractivity contribution in [2.75, 3.05) is 13.1 Å². The molecule has 1 unspecified atom stereocenters. The van der Waals surface area contributed by atoms with Crippen molar-refractivity contribution >= 4 is 22.6 Å². The molecule has 4 aromatic rings. The highest BCUT2D eigenvalue weighted by Gasteiger charge is 2.21. The van der Waals surface area contributed by atoms with Crippen LogP contribution >= 0.6 is 11.6 Å². The smallest absolute Gasteiger partial charge is 0.329 e. The molecule has 0 bridgehead atoms. The molecule has 0 aliphatic carbocycles. The summed E-state index contributed by atoms with van der Waals surface area (Å²) in [5.74, 6) is 0. The summed E-state index contributed by atoms with van der Waals surface area (Å²) in [6.45, 7) is 3.02. The highest BCUT2D eigenvalue weighted by atomic mass is 35.5. The first-order valence-electron chi connectivity index (χ1n) is 11.0. The Morgan fingerprint density at radius 1 is 0.844 bits per heavy atom. The van der Waals surface area contributed by atoms with E-state index in [2.05, 4.69) is 29.2 Å². The molecule has 0 amide bonds. The minimum Gasteiger partial charge on any atom is -0.390 e. The summed E-state index contributed by atoms with van der Waals surface area (Å²) in [5, 5.41) is 11.6. The molecule has 6 heteroatoms. The van der Waals surface area contributed by atoms with Gasteiger partial charge >= 0.3 is 5.69 Å². The molecule has 1 atom stereocenters. The van der Waals surface area contributed by atoms with Crippen LogP contribution in [0, 0.1) is 0 Å². The highest BCUT2D eigenvalue weighted by molar-refractivity contribution is 6.30. The second kappa shape index (κ2) is 8.94. The van der Waals surface area contributed by atoms with E-state index >= 15 is 0 Å². The SMILES string of the molecule is O=c1n(Cc2ccc(Cl)cc2)c2ccccc2n1CC(O)CN1CCc2ccccc2C1. The lowest BCUT2D eigenvalue weighted by Crippen LogP contribution is -2.39. The van der Waals surface area contributed by atoms with Gasteiger partial charge in [-0.15, -0.1) is 0 Å². The Hall–Kier alpha value is -2.86. The van der Waals surface area contributed by atoms with Crippen molar-refractivity contribution in [2.24, 2.45) is 0 Å². The maximum Gasteiger partial charge on any atom is 0.329 e. The van der Waals surface area contributed by atoms with Crippen LogP contribution in [0.1, 0.15) is 16.7 Å². The van der Waals surface area contributed by atoms with E-state index in [0.717, 1.165) is 36.1 Å². The van der Waals surface area contributed by atoms with Crippen LogP contribution in [0.3, 0.4) is 0 Å². The van der Waals surface area contributed by atoms with Crippen LogP contribution in [0.15, 0.2) is 77.6 Å². The predicted molar refractivity (Wildman–Crippen MR) is 128 cm³/mol. The van der Waals surface area contributed by atoms with Gasteiger partial charge in [0, 0.05) is 24.7 Å². The summed E-state index contributed by atoms with van der Waals surface area (Å²) in [6, 6.07) is 23.8. The third kappa shape index (κ3) is 4.24. The lowest BCUT2D eigenvalue weighted by atomic mass is 10.00.